The normalized spacial score (nSPS) is 45.0. The third-order valence-corrected chi connectivity index (χ3v) is 6.36. The van der Waals surface area contributed by atoms with Gasteiger partial charge >= 0.3 is 0 Å². The fourth-order valence-corrected chi connectivity index (χ4v) is 5.60. The lowest BCUT2D eigenvalue weighted by Gasteiger charge is -2.37. The number of rotatable bonds is 2. The van der Waals surface area contributed by atoms with Gasteiger partial charge in [0.25, 0.3) is 5.69 Å². The molecule has 4 fully saturated rings. The summed E-state index contributed by atoms with van der Waals surface area (Å²) in [6, 6.07) is 6.58. The number of nitrogens with zero attached hydrogens (tertiary/aromatic N) is 1. The molecule has 22 heavy (non-hydrogen) atoms. The van der Waals surface area contributed by atoms with Crippen molar-refractivity contribution in [3.8, 4) is 0 Å². The molecule has 4 aliphatic rings. The molecule has 7 atom stereocenters. The molecular weight excluding hydrogens is 282 g/mol. The second-order valence-electron chi connectivity index (χ2n) is 7.19. The number of nitro benzene ring substituents is 1. The highest BCUT2D eigenvalue weighted by Gasteiger charge is 2.63. The predicted octanol–water partition coefficient (Wildman–Crippen LogP) is 3.44. The van der Waals surface area contributed by atoms with Crippen LogP contribution in [0.5, 0.6) is 0 Å². The number of hydrogen-bond acceptors (Lipinski definition) is 4. The van der Waals surface area contributed by atoms with Crippen molar-refractivity contribution in [3.05, 3.63) is 39.9 Å². The van der Waals surface area contributed by atoms with E-state index >= 15 is 0 Å². The van der Waals surface area contributed by atoms with Crippen molar-refractivity contribution in [2.75, 3.05) is 0 Å². The molecule has 4 bridgehead atoms. The summed E-state index contributed by atoms with van der Waals surface area (Å²) in [5.74, 6) is 2.93. The van der Waals surface area contributed by atoms with Crippen molar-refractivity contribution in [2.45, 2.75) is 44.2 Å². The number of non-ortho nitro benzene ring substituents is 1. The van der Waals surface area contributed by atoms with Crippen LogP contribution in [0.25, 0.3) is 0 Å². The van der Waals surface area contributed by atoms with Crippen molar-refractivity contribution in [1.82, 2.24) is 0 Å². The first kappa shape index (κ1) is 13.0. The Labute approximate surface area is 128 Å². The summed E-state index contributed by atoms with van der Waals surface area (Å²) < 4.78 is 12.5. The van der Waals surface area contributed by atoms with Gasteiger partial charge in [0.1, 0.15) is 0 Å². The van der Waals surface area contributed by atoms with Crippen LogP contribution in [0, 0.1) is 33.8 Å². The zero-order chi connectivity index (χ0) is 14.8. The maximum absolute atomic E-state index is 10.8. The Kier molecular flexibility index (Phi) is 2.68. The van der Waals surface area contributed by atoms with E-state index in [1.807, 2.05) is 0 Å². The first-order valence-corrected chi connectivity index (χ1v) is 8.27. The highest BCUT2D eigenvalue weighted by Crippen LogP contribution is 2.63. The molecule has 0 aromatic heterocycles. The molecule has 7 unspecified atom stereocenters. The standard InChI is InChI=1S/C17H19NO4/c19-18(20)10-6-4-9(5-7-10)17-21-14-8-13-11-2-1-3-12(11)15(14)16(13)22-17/h4-7,11-17H,1-3,8H2. The molecule has 3 saturated carbocycles. The van der Waals surface area contributed by atoms with Gasteiger partial charge in [-0.1, -0.05) is 6.42 Å². The van der Waals surface area contributed by atoms with E-state index in [4.69, 9.17) is 9.47 Å². The number of benzene rings is 1. The monoisotopic (exact) mass is 301 g/mol. The summed E-state index contributed by atoms with van der Waals surface area (Å²) in [5, 5.41) is 10.8. The number of fused-ring (bicyclic) bond motifs is 2. The largest absolute Gasteiger partial charge is 0.345 e. The van der Waals surface area contributed by atoms with Gasteiger partial charge in [-0.25, -0.2) is 0 Å². The van der Waals surface area contributed by atoms with Crippen LogP contribution in [-0.2, 0) is 9.47 Å². The summed E-state index contributed by atoms with van der Waals surface area (Å²) in [6.07, 6.45) is 5.52. The average Bonchev–Trinajstić information content (AvgIpc) is 3.16. The molecule has 1 aromatic rings. The molecule has 0 N–H and O–H groups in total. The van der Waals surface area contributed by atoms with E-state index in [0.717, 1.165) is 23.8 Å². The smallest absolute Gasteiger partial charge is 0.269 e. The van der Waals surface area contributed by atoms with Crippen LogP contribution in [0.15, 0.2) is 24.3 Å². The average molecular weight is 301 g/mol. The first-order chi connectivity index (χ1) is 10.7. The molecule has 0 radical (unpaired) electrons. The summed E-state index contributed by atoms with van der Waals surface area (Å²) in [4.78, 5) is 10.4. The third kappa shape index (κ3) is 1.66. The van der Waals surface area contributed by atoms with Gasteiger partial charge in [-0.2, -0.15) is 0 Å². The third-order valence-electron chi connectivity index (χ3n) is 6.36. The molecule has 1 aliphatic heterocycles. The molecule has 0 spiro atoms. The topological polar surface area (TPSA) is 61.6 Å². The van der Waals surface area contributed by atoms with Gasteiger partial charge in [0.05, 0.1) is 17.1 Å². The Bertz CT molecular complexity index is 616. The van der Waals surface area contributed by atoms with Crippen molar-refractivity contribution in [3.63, 3.8) is 0 Å². The Balaban J connectivity index is 1.39. The van der Waals surface area contributed by atoms with Crippen LogP contribution in [-0.4, -0.2) is 17.1 Å². The van der Waals surface area contributed by atoms with Crippen molar-refractivity contribution < 1.29 is 14.4 Å². The molecule has 5 rings (SSSR count). The lowest BCUT2D eigenvalue weighted by atomic mass is 9.80. The van der Waals surface area contributed by atoms with Crippen LogP contribution in [0.3, 0.4) is 0 Å². The summed E-state index contributed by atoms with van der Waals surface area (Å²) in [7, 11) is 0. The molecule has 0 amide bonds. The van der Waals surface area contributed by atoms with Gasteiger partial charge in [-0.05, 0) is 49.1 Å². The second kappa shape index (κ2) is 4.52. The minimum atomic E-state index is -0.378. The molecule has 3 aliphatic carbocycles. The zero-order valence-corrected chi connectivity index (χ0v) is 12.3. The molecule has 1 heterocycles. The molecule has 5 heteroatoms. The fourth-order valence-electron chi connectivity index (χ4n) is 5.60. The highest BCUT2D eigenvalue weighted by molar-refractivity contribution is 5.33. The molecule has 5 nitrogen and oxygen atoms in total. The van der Waals surface area contributed by atoms with Gasteiger partial charge in [0.15, 0.2) is 6.29 Å². The van der Waals surface area contributed by atoms with Gasteiger partial charge in [-0.15, -0.1) is 0 Å². The van der Waals surface area contributed by atoms with Crippen molar-refractivity contribution in [2.24, 2.45) is 23.7 Å². The minimum absolute atomic E-state index is 0.108. The first-order valence-electron chi connectivity index (χ1n) is 8.27. The van der Waals surface area contributed by atoms with Crippen molar-refractivity contribution in [1.29, 1.82) is 0 Å². The lowest BCUT2D eigenvalue weighted by molar-refractivity contribution is -0.384. The number of ether oxygens (including phenoxy) is 2. The van der Waals surface area contributed by atoms with Gasteiger partial charge in [0, 0.05) is 23.6 Å². The zero-order valence-electron chi connectivity index (χ0n) is 12.3. The molecule has 1 aromatic carbocycles. The Hall–Kier alpha value is -1.46. The van der Waals surface area contributed by atoms with E-state index in [1.165, 1.54) is 31.4 Å². The van der Waals surface area contributed by atoms with Crippen LogP contribution in [0.4, 0.5) is 5.69 Å². The minimum Gasteiger partial charge on any atom is -0.345 e. The molecular formula is C17H19NO4. The van der Waals surface area contributed by atoms with E-state index in [9.17, 15) is 10.1 Å². The fraction of sp³-hybridized carbons (Fsp3) is 0.647. The van der Waals surface area contributed by atoms with Crippen LogP contribution >= 0.6 is 0 Å². The lowest BCUT2D eigenvalue weighted by Crippen LogP contribution is -2.38. The Morgan fingerprint density at radius 1 is 1.05 bits per heavy atom. The van der Waals surface area contributed by atoms with Crippen LogP contribution in [0.1, 0.15) is 37.5 Å². The molecule has 116 valence electrons. The van der Waals surface area contributed by atoms with Gasteiger partial charge in [0.2, 0.25) is 0 Å². The maximum atomic E-state index is 10.8. The van der Waals surface area contributed by atoms with E-state index in [2.05, 4.69) is 0 Å². The van der Waals surface area contributed by atoms with Crippen LogP contribution < -0.4 is 0 Å². The second-order valence-corrected chi connectivity index (χ2v) is 7.19. The van der Waals surface area contributed by atoms with Gasteiger partial charge < -0.3 is 9.47 Å². The van der Waals surface area contributed by atoms with Crippen LogP contribution in [0.2, 0.25) is 0 Å². The van der Waals surface area contributed by atoms with E-state index in [0.29, 0.717) is 24.0 Å². The Morgan fingerprint density at radius 3 is 2.59 bits per heavy atom. The number of hydrogen-bond donors (Lipinski definition) is 0. The SMILES string of the molecule is O=[N+]([O-])c1ccc(C2OC3CC4C5CCCC5C3C4O2)cc1. The summed E-state index contributed by atoms with van der Waals surface area (Å²) in [5.41, 5.74) is 1.00. The van der Waals surface area contributed by atoms with E-state index in [1.54, 1.807) is 12.1 Å². The number of nitro groups is 1. The van der Waals surface area contributed by atoms with E-state index in [-0.39, 0.29) is 16.9 Å². The quantitative estimate of drug-likeness (QED) is 0.620. The Morgan fingerprint density at radius 2 is 1.82 bits per heavy atom. The van der Waals surface area contributed by atoms with Gasteiger partial charge in [-0.3, -0.25) is 10.1 Å². The van der Waals surface area contributed by atoms with Crippen molar-refractivity contribution >= 4 is 5.69 Å². The van der Waals surface area contributed by atoms with E-state index < -0.39 is 0 Å². The summed E-state index contributed by atoms with van der Waals surface area (Å²) >= 11 is 0. The maximum Gasteiger partial charge on any atom is 0.269 e. The summed E-state index contributed by atoms with van der Waals surface area (Å²) in [6.45, 7) is 0. The highest BCUT2D eigenvalue weighted by atomic mass is 16.7. The predicted molar refractivity (Wildman–Crippen MR) is 78.0 cm³/mol. The molecule has 1 saturated heterocycles.